The fraction of sp³-hybridized carbons (Fsp3) is 0.737. The predicted octanol–water partition coefficient (Wildman–Crippen LogP) is 1.44. The van der Waals surface area contributed by atoms with Crippen molar-refractivity contribution in [2.45, 2.75) is 57.3 Å². The molecule has 1 saturated carbocycles. The Morgan fingerprint density at radius 3 is 2.68 bits per heavy atom. The van der Waals surface area contributed by atoms with Crippen molar-refractivity contribution < 1.29 is 24.0 Å². The van der Waals surface area contributed by atoms with E-state index in [1.807, 2.05) is 0 Å². The molecule has 2 heterocycles. The Morgan fingerprint density at radius 2 is 1.96 bits per heavy atom. The molecule has 1 aromatic rings. The van der Waals surface area contributed by atoms with Crippen LogP contribution in [0.1, 0.15) is 62.6 Å². The summed E-state index contributed by atoms with van der Waals surface area (Å²) in [5.41, 5.74) is 0. The van der Waals surface area contributed by atoms with E-state index in [4.69, 9.17) is 9.63 Å². The van der Waals surface area contributed by atoms with Gasteiger partial charge in [0.05, 0.1) is 12.5 Å². The number of carboxylic acid groups (broad SMARTS) is 1. The van der Waals surface area contributed by atoms with Crippen LogP contribution in [-0.2, 0) is 20.8 Å². The molecule has 1 N–H and O–H groups in total. The summed E-state index contributed by atoms with van der Waals surface area (Å²) < 4.78 is 5.26. The van der Waals surface area contributed by atoms with Gasteiger partial charge >= 0.3 is 5.97 Å². The first-order chi connectivity index (χ1) is 13.4. The van der Waals surface area contributed by atoms with Crippen LogP contribution in [0, 0.1) is 5.92 Å². The molecule has 1 saturated heterocycles. The zero-order chi connectivity index (χ0) is 20.1. The van der Waals surface area contributed by atoms with E-state index < -0.39 is 11.9 Å². The van der Waals surface area contributed by atoms with Gasteiger partial charge in [-0.15, -0.1) is 0 Å². The number of hydrogen-bond acceptors (Lipinski definition) is 6. The lowest BCUT2D eigenvalue weighted by molar-refractivity contribution is -0.147. The van der Waals surface area contributed by atoms with E-state index in [1.165, 1.54) is 22.6 Å². The Hall–Kier alpha value is -2.45. The molecule has 1 aliphatic heterocycles. The molecule has 28 heavy (non-hydrogen) atoms. The van der Waals surface area contributed by atoms with E-state index in [-0.39, 0.29) is 31.3 Å². The highest BCUT2D eigenvalue weighted by Gasteiger charge is 2.29. The number of carbonyl (C=O) groups excluding carboxylic acids is 2. The van der Waals surface area contributed by atoms with Crippen LogP contribution in [0.2, 0.25) is 0 Å². The molecule has 0 spiro atoms. The second kappa shape index (κ2) is 9.16. The van der Waals surface area contributed by atoms with E-state index in [9.17, 15) is 14.4 Å². The minimum absolute atomic E-state index is 0.0532. The summed E-state index contributed by atoms with van der Waals surface area (Å²) in [4.78, 5) is 43.2. The summed E-state index contributed by atoms with van der Waals surface area (Å²) in [7, 11) is 1.58. The van der Waals surface area contributed by atoms with E-state index in [0.29, 0.717) is 37.6 Å². The maximum Gasteiger partial charge on any atom is 0.308 e. The highest BCUT2D eigenvalue weighted by molar-refractivity contribution is 5.85. The Balaban J connectivity index is 1.44. The van der Waals surface area contributed by atoms with E-state index in [2.05, 4.69) is 10.1 Å². The number of rotatable bonds is 7. The molecule has 1 aliphatic carbocycles. The Labute approximate surface area is 164 Å². The van der Waals surface area contributed by atoms with Crippen LogP contribution < -0.4 is 0 Å². The number of aryl methyl sites for hydroxylation is 1. The highest BCUT2D eigenvalue weighted by Crippen LogP contribution is 2.32. The SMILES string of the molecule is CN(CC(=O)N1CCCC(C(=O)O)C1)C(=O)CCc1nc(C2CCCC2)no1. The predicted molar refractivity (Wildman–Crippen MR) is 98.4 cm³/mol. The zero-order valence-corrected chi connectivity index (χ0v) is 16.3. The van der Waals surface area contributed by atoms with Crippen molar-refractivity contribution in [2.75, 3.05) is 26.7 Å². The maximum atomic E-state index is 12.4. The van der Waals surface area contributed by atoms with Crippen molar-refractivity contribution in [1.82, 2.24) is 19.9 Å². The maximum absolute atomic E-state index is 12.4. The monoisotopic (exact) mass is 392 g/mol. The molecule has 2 aliphatic rings. The van der Waals surface area contributed by atoms with Gasteiger partial charge in [0.1, 0.15) is 0 Å². The molecule has 1 unspecified atom stereocenters. The van der Waals surface area contributed by atoms with Crippen molar-refractivity contribution >= 4 is 17.8 Å². The van der Waals surface area contributed by atoms with Crippen molar-refractivity contribution in [1.29, 1.82) is 0 Å². The average molecular weight is 392 g/mol. The third-order valence-corrected chi connectivity index (χ3v) is 5.68. The molecule has 2 amide bonds. The zero-order valence-electron chi connectivity index (χ0n) is 16.3. The van der Waals surface area contributed by atoms with Gasteiger partial charge < -0.3 is 19.4 Å². The fourth-order valence-electron chi connectivity index (χ4n) is 3.92. The number of likely N-dealkylation sites (N-methyl/N-ethyl adjacent to an activating group) is 1. The van der Waals surface area contributed by atoms with Crippen molar-refractivity contribution in [3.63, 3.8) is 0 Å². The number of aromatic nitrogens is 2. The molecule has 1 atom stereocenters. The first kappa shape index (κ1) is 20.3. The molecule has 0 bridgehead atoms. The number of likely N-dealkylation sites (tertiary alicyclic amines) is 1. The first-order valence-corrected chi connectivity index (χ1v) is 10.0. The van der Waals surface area contributed by atoms with Crippen molar-refractivity contribution in [2.24, 2.45) is 5.92 Å². The van der Waals surface area contributed by atoms with Crippen molar-refractivity contribution in [3.8, 4) is 0 Å². The number of amides is 2. The number of hydrogen-bond donors (Lipinski definition) is 1. The second-order valence-corrected chi connectivity index (χ2v) is 7.79. The summed E-state index contributed by atoms with van der Waals surface area (Å²) in [5.74, 6) is -0.239. The van der Waals surface area contributed by atoms with Crippen LogP contribution >= 0.6 is 0 Å². The lowest BCUT2D eigenvalue weighted by Gasteiger charge is -2.32. The molecule has 1 aromatic heterocycles. The van der Waals surface area contributed by atoms with Crippen LogP contribution in [0.3, 0.4) is 0 Å². The van der Waals surface area contributed by atoms with E-state index >= 15 is 0 Å². The third-order valence-electron chi connectivity index (χ3n) is 5.68. The van der Waals surface area contributed by atoms with Crippen LogP contribution in [0.5, 0.6) is 0 Å². The topological polar surface area (TPSA) is 117 Å². The highest BCUT2D eigenvalue weighted by atomic mass is 16.5. The van der Waals surface area contributed by atoms with E-state index in [1.54, 1.807) is 7.05 Å². The summed E-state index contributed by atoms with van der Waals surface area (Å²) in [5, 5.41) is 13.2. The van der Waals surface area contributed by atoms with Crippen molar-refractivity contribution in [3.05, 3.63) is 11.7 Å². The molecule has 9 nitrogen and oxygen atoms in total. The normalized spacial score (nSPS) is 20.3. The molecule has 9 heteroatoms. The first-order valence-electron chi connectivity index (χ1n) is 10.0. The quantitative estimate of drug-likeness (QED) is 0.746. The number of carbonyl (C=O) groups is 3. The molecule has 0 aromatic carbocycles. The molecular weight excluding hydrogens is 364 g/mol. The van der Waals surface area contributed by atoms with Gasteiger partial charge in [-0.3, -0.25) is 14.4 Å². The van der Waals surface area contributed by atoms with Gasteiger partial charge in [0, 0.05) is 38.9 Å². The van der Waals surface area contributed by atoms with Crippen LogP contribution in [-0.4, -0.2) is 69.5 Å². The summed E-state index contributed by atoms with van der Waals surface area (Å²) >= 11 is 0. The number of piperidine rings is 1. The van der Waals surface area contributed by atoms with Gasteiger partial charge in [0.25, 0.3) is 0 Å². The largest absolute Gasteiger partial charge is 0.481 e. The van der Waals surface area contributed by atoms with Crippen LogP contribution in [0.25, 0.3) is 0 Å². The minimum atomic E-state index is -0.876. The standard InChI is InChI=1S/C19H28N4O5/c1-22(12-17(25)23-10-4-7-14(11-23)19(26)27)16(24)9-8-15-20-18(21-28-15)13-5-2-3-6-13/h13-14H,2-12H2,1H3,(H,26,27). The molecule has 154 valence electrons. The van der Waals surface area contributed by atoms with Gasteiger partial charge in [-0.1, -0.05) is 18.0 Å². The minimum Gasteiger partial charge on any atom is -0.481 e. The number of aliphatic carboxylic acids is 1. The molecular formula is C19H28N4O5. The smallest absolute Gasteiger partial charge is 0.308 e. The number of nitrogens with zero attached hydrogens (tertiary/aromatic N) is 4. The third kappa shape index (κ3) is 5.08. The Morgan fingerprint density at radius 1 is 1.21 bits per heavy atom. The summed E-state index contributed by atoms with van der Waals surface area (Å²) in [6, 6.07) is 0. The van der Waals surface area contributed by atoms with E-state index in [0.717, 1.165) is 18.7 Å². The van der Waals surface area contributed by atoms with Gasteiger partial charge in [-0.05, 0) is 25.7 Å². The lowest BCUT2D eigenvalue weighted by atomic mass is 9.98. The number of carboxylic acids is 1. The summed E-state index contributed by atoms with van der Waals surface area (Å²) in [6.45, 7) is 0.695. The van der Waals surface area contributed by atoms with Gasteiger partial charge in [0.2, 0.25) is 17.7 Å². The lowest BCUT2D eigenvalue weighted by Crippen LogP contribution is -2.46. The van der Waals surface area contributed by atoms with Crippen LogP contribution in [0.4, 0.5) is 0 Å². The van der Waals surface area contributed by atoms with Crippen LogP contribution in [0.15, 0.2) is 4.52 Å². The fourth-order valence-corrected chi connectivity index (χ4v) is 3.92. The Bertz CT molecular complexity index is 713. The molecule has 2 fully saturated rings. The average Bonchev–Trinajstić information content (AvgIpc) is 3.37. The molecule has 0 radical (unpaired) electrons. The molecule has 3 rings (SSSR count). The van der Waals surface area contributed by atoms with Gasteiger partial charge in [0.15, 0.2) is 5.82 Å². The summed E-state index contributed by atoms with van der Waals surface area (Å²) in [6.07, 6.45) is 6.34. The second-order valence-electron chi connectivity index (χ2n) is 7.79. The van der Waals surface area contributed by atoms with Gasteiger partial charge in [-0.25, -0.2) is 0 Å². The Kier molecular flexibility index (Phi) is 6.64. The van der Waals surface area contributed by atoms with Gasteiger partial charge in [-0.2, -0.15) is 4.98 Å².